The molecule has 19 heavy (non-hydrogen) atoms. The van der Waals surface area contributed by atoms with E-state index < -0.39 is 0 Å². The van der Waals surface area contributed by atoms with Gasteiger partial charge in [-0.25, -0.2) is 4.68 Å². The molecule has 2 N–H and O–H groups in total. The maximum absolute atomic E-state index is 6.02. The fourth-order valence-corrected chi connectivity index (χ4v) is 2.53. The zero-order valence-electron chi connectivity index (χ0n) is 11.6. The Morgan fingerprint density at radius 2 is 2.00 bits per heavy atom. The molecule has 0 radical (unpaired) electrons. The maximum atomic E-state index is 6.02. The van der Waals surface area contributed by atoms with Gasteiger partial charge in [-0.15, -0.1) is 5.10 Å². The average molecular weight is 257 g/mol. The van der Waals surface area contributed by atoms with E-state index >= 15 is 0 Å². The summed E-state index contributed by atoms with van der Waals surface area (Å²) in [5, 5.41) is 12.2. The third kappa shape index (κ3) is 2.09. The van der Waals surface area contributed by atoms with Gasteiger partial charge in [-0.3, -0.25) is 0 Å². The highest BCUT2D eigenvalue weighted by Gasteiger charge is 2.31. The Labute approximate surface area is 112 Å². The van der Waals surface area contributed by atoms with Crippen LogP contribution in [0.15, 0.2) is 12.1 Å². The Morgan fingerprint density at radius 1 is 1.26 bits per heavy atom. The lowest BCUT2D eigenvalue weighted by Gasteiger charge is -2.14. The van der Waals surface area contributed by atoms with Gasteiger partial charge in [0.15, 0.2) is 5.82 Å². The van der Waals surface area contributed by atoms with Crippen LogP contribution < -0.4 is 5.73 Å². The number of nitrogens with zero attached hydrogens (tertiary/aromatic N) is 4. The number of hydrogen-bond donors (Lipinski definition) is 1. The highest BCUT2D eigenvalue weighted by molar-refractivity contribution is 5.67. The predicted octanol–water partition coefficient (Wildman–Crippen LogP) is 2.51. The fraction of sp³-hybridized carbons (Fsp3) is 0.500. The molecule has 1 aliphatic rings. The van der Waals surface area contributed by atoms with Crippen LogP contribution in [-0.2, 0) is 0 Å². The number of nitrogens with two attached hydrogens (primary N) is 1. The zero-order valence-corrected chi connectivity index (χ0v) is 11.6. The van der Waals surface area contributed by atoms with E-state index in [1.807, 2.05) is 17.7 Å². The van der Waals surface area contributed by atoms with Crippen molar-refractivity contribution in [2.24, 2.45) is 5.92 Å². The lowest BCUT2D eigenvalue weighted by atomic mass is 10.0. The van der Waals surface area contributed by atoms with Crippen molar-refractivity contribution in [3.63, 3.8) is 0 Å². The minimum Gasteiger partial charge on any atom is -0.398 e. The lowest BCUT2D eigenvalue weighted by molar-refractivity contribution is 0.433. The standard InChI is InChI=1S/C14H19N5/c1-8-6-9(2)13(15)7-12(8)14-16-17-18-19(14)10(3)11-4-5-11/h6-7,10-11H,4-5,15H2,1-3H3. The SMILES string of the molecule is Cc1cc(C)c(-c2nnnn2C(C)C2CC2)cc1N. The number of hydrogen-bond acceptors (Lipinski definition) is 4. The molecule has 1 aromatic carbocycles. The summed E-state index contributed by atoms with van der Waals surface area (Å²) in [6.45, 7) is 6.27. The number of aryl methyl sites for hydroxylation is 2. The van der Waals surface area contributed by atoms with E-state index in [0.717, 1.165) is 28.2 Å². The molecule has 5 heteroatoms. The van der Waals surface area contributed by atoms with Gasteiger partial charge >= 0.3 is 0 Å². The van der Waals surface area contributed by atoms with Gasteiger partial charge in [0.2, 0.25) is 0 Å². The minimum absolute atomic E-state index is 0.354. The van der Waals surface area contributed by atoms with Crippen molar-refractivity contribution in [3.05, 3.63) is 23.3 Å². The molecule has 1 saturated carbocycles. The Kier molecular flexibility index (Phi) is 2.77. The van der Waals surface area contributed by atoms with Crippen LogP contribution >= 0.6 is 0 Å². The molecule has 1 unspecified atom stereocenters. The molecule has 0 aliphatic heterocycles. The third-order valence-electron chi connectivity index (χ3n) is 4.04. The minimum atomic E-state index is 0.354. The monoisotopic (exact) mass is 257 g/mol. The summed E-state index contributed by atoms with van der Waals surface area (Å²) < 4.78 is 1.94. The molecule has 1 aliphatic carbocycles. The molecule has 0 bridgehead atoms. The molecule has 1 atom stereocenters. The molecule has 0 spiro atoms. The van der Waals surface area contributed by atoms with Gasteiger partial charge in [-0.2, -0.15) is 0 Å². The van der Waals surface area contributed by atoms with Crippen LogP contribution in [0.5, 0.6) is 0 Å². The first-order valence-corrected chi connectivity index (χ1v) is 6.73. The Morgan fingerprint density at radius 3 is 2.68 bits per heavy atom. The topological polar surface area (TPSA) is 69.6 Å². The van der Waals surface area contributed by atoms with E-state index in [4.69, 9.17) is 5.73 Å². The van der Waals surface area contributed by atoms with E-state index in [0.29, 0.717) is 12.0 Å². The lowest BCUT2D eigenvalue weighted by Crippen LogP contribution is -2.11. The number of tetrazole rings is 1. The van der Waals surface area contributed by atoms with E-state index in [1.165, 1.54) is 12.8 Å². The maximum Gasteiger partial charge on any atom is 0.182 e. The molecule has 3 rings (SSSR count). The second kappa shape index (κ2) is 4.33. The van der Waals surface area contributed by atoms with Crippen LogP contribution in [0.4, 0.5) is 5.69 Å². The first-order chi connectivity index (χ1) is 9.08. The van der Waals surface area contributed by atoms with Crippen molar-refractivity contribution in [1.29, 1.82) is 0 Å². The van der Waals surface area contributed by atoms with Gasteiger partial charge in [0.25, 0.3) is 0 Å². The van der Waals surface area contributed by atoms with Crippen molar-refractivity contribution in [2.45, 2.75) is 39.7 Å². The van der Waals surface area contributed by atoms with E-state index in [1.54, 1.807) is 0 Å². The van der Waals surface area contributed by atoms with E-state index in [2.05, 4.69) is 35.4 Å². The molecular formula is C14H19N5. The number of benzene rings is 1. The van der Waals surface area contributed by atoms with Gasteiger partial charge in [0, 0.05) is 11.3 Å². The van der Waals surface area contributed by atoms with Crippen LogP contribution in [0, 0.1) is 19.8 Å². The van der Waals surface area contributed by atoms with E-state index in [-0.39, 0.29) is 0 Å². The molecule has 0 amide bonds. The third-order valence-corrected chi connectivity index (χ3v) is 4.04. The summed E-state index contributed by atoms with van der Waals surface area (Å²) in [5.74, 6) is 1.54. The van der Waals surface area contributed by atoms with Crippen molar-refractivity contribution >= 4 is 5.69 Å². The molecule has 0 saturated heterocycles. The largest absolute Gasteiger partial charge is 0.398 e. The van der Waals surface area contributed by atoms with Crippen molar-refractivity contribution in [2.75, 3.05) is 5.73 Å². The van der Waals surface area contributed by atoms with Crippen molar-refractivity contribution in [1.82, 2.24) is 20.2 Å². The van der Waals surface area contributed by atoms with Crippen LogP contribution in [-0.4, -0.2) is 20.2 Å². The molecule has 1 aromatic heterocycles. The van der Waals surface area contributed by atoms with Gasteiger partial charge < -0.3 is 5.73 Å². The number of anilines is 1. The highest BCUT2D eigenvalue weighted by atomic mass is 15.5. The summed E-state index contributed by atoms with van der Waals surface area (Å²) in [5.41, 5.74) is 10.1. The van der Waals surface area contributed by atoms with Crippen LogP contribution in [0.3, 0.4) is 0 Å². The Hall–Kier alpha value is -1.91. The number of rotatable bonds is 3. The van der Waals surface area contributed by atoms with Gasteiger partial charge in [-0.05, 0) is 67.2 Å². The molecule has 2 aromatic rings. The molecule has 1 heterocycles. The zero-order chi connectivity index (χ0) is 13.6. The Bertz CT molecular complexity index is 612. The summed E-state index contributed by atoms with van der Waals surface area (Å²) in [6, 6.07) is 4.42. The first-order valence-electron chi connectivity index (χ1n) is 6.73. The normalized spacial score (nSPS) is 16.6. The summed E-state index contributed by atoms with van der Waals surface area (Å²) >= 11 is 0. The second-order valence-corrected chi connectivity index (χ2v) is 5.55. The molecular weight excluding hydrogens is 238 g/mol. The van der Waals surface area contributed by atoms with Crippen LogP contribution in [0.1, 0.15) is 36.9 Å². The quantitative estimate of drug-likeness (QED) is 0.858. The predicted molar refractivity (Wildman–Crippen MR) is 74.6 cm³/mol. The smallest absolute Gasteiger partial charge is 0.182 e. The van der Waals surface area contributed by atoms with Crippen LogP contribution in [0.2, 0.25) is 0 Å². The first kappa shape index (κ1) is 12.1. The summed E-state index contributed by atoms with van der Waals surface area (Å²) in [7, 11) is 0. The van der Waals surface area contributed by atoms with Crippen LogP contribution in [0.25, 0.3) is 11.4 Å². The fourth-order valence-electron chi connectivity index (χ4n) is 2.53. The molecule has 1 fully saturated rings. The van der Waals surface area contributed by atoms with Crippen molar-refractivity contribution < 1.29 is 0 Å². The van der Waals surface area contributed by atoms with Gasteiger partial charge in [0.1, 0.15) is 0 Å². The molecule has 100 valence electrons. The average Bonchev–Trinajstić information content (AvgIpc) is 3.11. The Balaban J connectivity index is 2.07. The summed E-state index contributed by atoms with van der Waals surface area (Å²) in [6.07, 6.45) is 2.55. The van der Waals surface area contributed by atoms with Crippen molar-refractivity contribution in [3.8, 4) is 11.4 Å². The number of aromatic nitrogens is 4. The highest BCUT2D eigenvalue weighted by Crippen LogP contribution is 2.40. The molecule has 5 nitrogen and oxygen atoms in total. The van der Waals surface area contributed by atoms with Gasteiger partial charge in [0.05, 0.1) is 6.04 Å². The summed E-state index contributed by atoms with van der Waals surface area (Å²) in [4.78, 5) is 0. The van der Waals surface area contributed by atoms with Gasteiger partial charge in [-0.1, -0.05) is 6.07 Å². The van der Waals surface area contributed by atoms with E-state index in [9.17, 15) is 0 Å². The number of nitrogen functional groups attached to an aromatic ring is 1. The second-order valence-electron chi connectivity index (χ2n) is 5.55.